The SMILES string of the molecule is CC(C)(C)OC(=O)[C@H](Cc1cccc(CNCCOc2cccc(C[C@@H](C(=O)OC(C)(C)C)[C@H]3CCN(C(=O)OC(C)(C)C)C3)c2)c1)[C@H]1CCN(C(=O)OC(C)(C)C)C1. The van der Waals surface area contributed by atoms with Crippen LogP contribution in [0.15, 0.2) is 48.5 Å². The van der Waals surface area contributed by atoms with Crippen molar-refractivity contribution in [1.29, 1.82) is 0 Å². The second-order valence-corrected chi connectivity index (χ2v) is 20.1. The number of nitrogens with zero attached hydrogens (tertiary/aromatic N) is 2. The van der Waals surface area contributed by atoms with Crippen molar-refractivity contribution in [3.8, 4) is 5.75 Å². The minimum atomic E-state index is -0.636. The number of esters is 2. The Hall–Kier alpha value is -4.32. The lowest BCUT2D eigenvalue weighted by atomic mass is 9.85. The van der Waals surface area contributed by atoms with E-state index in [2.05, 4.69) is 17.4 Å². The molecule has 0 unspecified atom stereocenters. The number of hydrogen-bond acceptors (Lipinski definition) is 10. The highest BCUT2D eigenvalue weighted by molar-refractivity contribution is 5.75. The molecule has 0 bridgehead atoms. The summed E-state index contributed by atoms with van der Waals surface area (Å²) in [6.07, 6.45) is 1.64. The number of hydrogen-bond donors (Lipinski definition) is 1. The minimum absolute atomic E-state index is 0.0461. The highest BCUT2D eigenvalue weighted by Gasteiger charge is 2.40. The van der Waals surface area contributed by atoms with Crippen LogP contribution in [0.1, 0.15) is 113 Å². The molecule has 2 fully saturated rings. The summed E-state index contributed by atoms with van der Waals surface area (Å²) in [7, 11) is 0. The van der Waals surface area contributed by atoms with Gasteiger partial charge in [0.25, 0.3) is 0 Å². The monoisotopic (exact) mass is 822 g/mol. The Bertz CT molecular complexity index is 1610. The molecule has 4 atom stereocenters. The van der Waals surface area contributed by atoms with Crippen LogP contribution in [-0.2, 0) is 47.9 Å². The maximum absolute atomic E-state index is 13.6. The van der Waals surface area contributed by atoms with Crippen molar-refractivity contribution in [2.24, 2.45) is 23.7 Å². The smallest absolute Gasteiger partial charge is 0.410 e. The Kier molecular flexibility index (Phi) is 15.9. The molecule has 59 heavy (non-hydrogen) atoms. The number of benzene rings is 2. The third kappa shape index (κ3) is 16.3. The summed E-state index contributed by atoms with van der Waals surface area (Å²) in [4.78, 5) is 56.1. The van der Waals surface area contributed by atoms with E-state index in [1.807, 2.05) is 119 Å². The zero-order valence-corrected chi connectivity index (χ0v) is 37.8. The third-order valence-electron chi connectivity index (χ3n) is 9.99. The number of rotatable bonds is 14. The van der Waals surface area contributed by atoms with Gasteiger partial charge in [0.2, 0.25) is 0 Å². The van der Waals surface area contributed by atoms with Gasteiger partial charge >= 0.3 is 24.1 Å². The highest BCUT2D eigenvalue weighted by Crippen LogP contribution is 2.33. The molecular formula is C47H71N3O9. The zero-order chi connectivity index (χ0) is 43.8. The average molecular weight is 822 g/mol. The van der Waals surface area contributed by atoms with Gasteiger partial charge in [0.05, 0.1) is 11.8 Å². The summed E-state index contributed by atoms with van der Waals surface area (Å²) in [5, 5.41) is 3.47. The number of ether oxygens (including phenoxy) is 5. The molecule has 328 valence electrons. The van der Waals surface area contributed by atoms with Crippen LogP contribution in [-0.4, -0.2) is 95.7 Å². The Morgan fingerprint density at radius 2 is 1.03 bits per heavy atom. The Balaban J connectivity index is 1.32. The van der Waals surface area contributed by atoms with Gasteiger partial charge < -0.3 is 38.8 Å². The van der Waals surface area contributed by atoms with E-state index in [9.17, 15) is 19.2 Å². The largest absolute Gasteiger partial charge is 0.492 e. The molecule has 2 aromatic carbocycles. The molecule has 2 amide bonds. The fourth-order valence-corrected chi connectivity index (χ4v) is 7.47. The molecule has 2 heterocycles. The first-order valence-electron chi connectivity index (χ1n) is 21.3. The summed E-state index contributed by atoms with van der Waals surface area (Å²) in [5.74, 6) is -0.752. The van der Waals surface area contributed by atoms with Crippen LogP contribution in [0.25, 0.3) is 0 Å². The minimum Gasteiger partial charge on any atom is -0.492 e. The van der Waals surface area contributed by atoms with Gasteiger partial charge in [-0.3, -0.25) is 9.59 Å². The molecule has 0 aromatic heterocycles. The summed E-state index contributed by atoms with van der Waals surface area (Å²) in [5.41, 5.74) is 0.622. The molecule has 12 heteroatoms. The molecule has 2 aliphatic heterocycles. The fourth-order valence-electron chi connectivity index (χ4n) is 7.47. The molecule has 0 saturated carbocycles. The van der Waals surface area contributed by atoms with Crippen molar-refractivity contribution in [1.82, 2.24) is 15.1 Å². The first-order valence-corrected chi connectivity index (χ1v) is 21.3. The van der Waals surface area contributed by atoms with Crippen LogP contribution in [0.4, 0.5) is 9.59 Å². The summed E-state index contributed by atoms with van der Waals surface area (Å²) >= 11 is 0. The first-order chi connectivity index (χ1) is 27.3. The van der Waals surface area contributed by atoms with E-state index in [0.29, 0.717) is 77.3 Å². The predicted octanol–water partition coefficient (Wildman–Crippen LogP) is 8.37. The summed E-state index contributed by atoms with van der Waals surface area (Å²) in [6.45, 7) is 25.9. The van der Waals surface area contributed by atoms with Crippen LogP contribution in [0.2, 0.25) is 0 Å². The lowest BCUT2D eigenvalue weighted by Crippen LogP contribution is -2.38. The van der Waals surface area contributed by atoms with E-state index >= 15 is 0 Å². The molecule has 2 aliphatic rings. The van der Waals surface area contributed by atoms with Crippen LogP contribution in [0.5, 0.6) is 5.75 Å². The van der Waals surface area contributed by atoms with E-state index in [1.54, 1.807) is 9.80 Å². The second-order valence-electron chi connectivity index (χ2n) is 20.1. The van der Waals surface area contributed by atoms with Crippen molar-refractivity contribution in [2.75, 3.05) is 39.3 Å². The van der Waals surface area contributed by atoms with E-state index < -0.39 is 34.2 Å². The van der Waals surface area contributed by atoms with Gasteiger partial charge in [0, 0.05) is 39.3 Å². The van der Waals surface area contributed by atoms with Crippen molar-refractivity contribution in [2.45, 2.75) is 138 Å². The van der Waals surface area contributed by atoms with E-state index in [-0.39, 0.29) is 36.0 Å². The predicted molar refractivity (Wildman–Crippen MR) is 228 cm³/mol. The number of amides is 2. The van der Waals surface area contributed by atoms with Gasteiger partial charge in [0.1, 0.15) is 34.8 Å². The average Bonchev–Trinajstić information content (AvgIpc) is 3.78. The van der Waals surface area contributed by atoms with E-state index in [0.717, 1.165) is 16.7 Å². The summed E-state index contributed by atoms with van der Waals surface area (Å²) in [6, 6.07) is 16.0. The zero-order valence-electron chi connectivity index (χ0n) is 37.8. The molecule has 2 aromatic rings. The van der Waals surface area contributed by atoms with Crippen molar-refractivity contribution < 1.29 is 42.9 Å². The quantitative estimate of drug-likeness (QED) is 0.113. The van der Waals surface area contributed by atoms with Crippen LogP contribution >= 0.6 is 0 Å². The normalized spacial score (nSPS) is 18.6. The van der Waals surface area contributed by atoms with E-state index in [4.69, 9.17) is 23.7 Å². The van der Waals surface area contributed by atoms with Gasteiger partial charge in [-0.05, 0) is 149 Å². The van der Waals surface area contributed by atoms with Crippen LogP contribution < -0.4 is 10.1 Å². The molecule has 1 N–H and O–H groups in total. The van der Waals surface area contributed by atoms with Gasteiger partial charge in [-0.1, -0.05) is 36.4 Å². The number of carbonyl (C=O) groups is 4. The molecular weight excluding hydrogens is 751 g/mol. The fraction of sp³-hybridized carbons (Fsp3) is 0.660. The lowest BCUT2D eigenvalue weighted by molar-refractivity contribution is -0.163. The number of likely N-dealkylation sites (tertiary alicyclic amines) is 2. The maximum atomic E-state index is 13.6. The standard InChI is InChI=1S/C47H71N3O9/c1-44(2,3)56-40(51)38(35-19-22-49(30-35)42(53)58-46(7,8)9)27-32-15-13-17-34(25-32)29-48-21-24-55-37-18-14-16-33(26-37)28-39(41(52)57-45(4,5)6)36-20-23-50(31-36)43(54)59-47(10,11)12/h13-18,25-26,35-36,38-39,48H,19-24,27-31H2,1-12H3/t35-,36-,38+,39+/m0/s1. The second kappa shape index (κ2) is 19.8. The Morgan fingerprint density at radius 1 is 0.610 bits per heavy atom. The first kappa shape index (κ1) is 47.4. The van der Waals surface area contributed by atoms with E-state index in [1.165, 1.54) is 0 Å². The molecule has 2 saturated heterocycles. The Morgan fingerprint density at radius 3 is 1.49 bits per heavy atom. The maximum Gasteiger partial charge on any atom is 0.410 e. The topological polar surface area (TPSA) is 133 Å². The van der Waals surface area contributed by atoms with Crippen LogP contribution in [0.3, 0.4) is 0 Å². The third-order valence-corrected chi connectivity index (χ3v) is 9.99. The molecule has 0 spiro atoms. The number of nitrogens with one attached hydrogen (secondary N) is 1. The van der Waals surface area contributed by atoms with Gasteiger partial charge in [-0.15, -0.1) is 0 Å². The lowest BCUT2D eigenvalue weighted by Gasteiger charge is -2.28. The van der Waals surface area contributed by atoms with Crippen molar-refractivity contribution >= 4 is 24.1 Å². The van der Waals surface area contributed by atoms with Crippen molar-refractivity contribution in [3.63, 3.8) is 0 Å². The van der Waals surface area contributed by atoms with Crippen molar-refractivity contribution in [3.05, 3.63) is 65.2 Å². The molecule has 0 aliphatic carbocycles. The van der Waals surface area contributed by atoms with Crippen LogP contribution in [0, 0.1) is 23.7 Å². The molecule has 0 radical (unpaired) electrons. The van der Waals surface area contributed by atoms with Gasteiger partial charge in [0.15, 0.2) is 0 Å². The van der Waals surface area contributed by atoms with Gasteiger partial charge in [-0.25, -0.2) is 9.59 Å². The Labute approximate surface area is 353 Å². The highest BCUT2D eigenvalue weighted by atomic mass is 16.6. The molecule has 4 rings (SSSR count). The number of carbonyl (C=O) groups excluding carboxylic acids is 4. The van der Waals surface area contributed by atoms with Gasteiger partial charge in [-0.2, -0.15) is 0 Å². The molecule has 12 nitrogen and oxygen atoms in total. The summed E-state index contributed by atoms with van der Waals surface area (Å²) < 4.78 is 29.1.